The van der Waals surface area contributed by atoms with Crippen molar-refractivity contribution in [2.75, 3.05) is 0 Å². The molecule has 2 rings (SSSR count). The van der Waals surface area contributed by atoms with E-state index in [1.54, 1.807) is 0 Å². The Balaban J connectivity index is 1.71. The number of amides is 1. The lowest BCUT2D eigenvalue weighted by Gasteiger charge is -2.05. The Kier molecular flexibility index (Phi) is 3.69. The number of rotatable bonds is 4. The highest BCUT2D eigenvalue weighted by atomic mass is 16.5. The fraction of sp³-hybridized carbons (Fsp3) is 0.182. The quantitative estimate of drug-likeness (QED) is 0.865. The third kappa shape index (κ3) is 3.60. The highest BCUT2D eigenvalue weighted by Gasteiger charge is 2.04. The number of alkyl carbamates (subject to hydrolysis) is 1. The Morgan fingerprint density at radius 2 is 2.18 bits per heavy atom. The van der Waals surface area contributed by atoms with Gasteiger partial charge in [0.15, 0.2) is 5.82 Å². The van der Waals surface area contributed by atoms with Gasteiger partial charge in [0.2, 0.25) is 6.39 Å². The van der Waals surface area contributed by atoms with Crippen LogP contribution in [0.2, 0.25) is 0 Å². The second kappa shape index (κ2) is 5.64. The second-order valence-corrected chi connectivity index (χ2v) is 3.26. The first kappa shape index (κ1) is 11.1. The number of nitrogens with one attached hydrogen (secondary N) is 1. The molecule has 6 heteroatoms. The van der Waals surface area contributed by atoms with Crippen LogP contribution in [-0.2, 0) is 17.9 Å². The van der Waals surface area contributed by atoms with Gasteiger partial charge in [-0.3, -0.25) is 0 Å². The molecule has 0 unspecified atom stereocenters. The summed E-state index contributed by atoms with van der Waals surface area (Å²) in [7, 11) is 0. The van der Waals surface area contributed by atoms with Gasteiger partial charge in [-0.1, -0.05) is 35.5 Å². The van der Waals surface area contributed by atoms with Crippen LogP contribution in [0.3, 0.4) is 0 Å². The summed E-state index contributed by atoms with van der Waals surface area (Å²) in [6, 6.07) is 9.44. The first-order chi connectivity index (χ1) is 8.34. The lowest BCUT2D eigenvalue weighted by atomic mass is 10.2. The van der Waals surface area contributed by atoms with E-state index in [0.29, 0.717) is 5.82 Å². The van der Waals surface area contributed by atoms with Gasteiger partial charge >= 0.3 is 6.09 Å². The van der Waals surface area contributed by atoms with Gasteiger partial charge in [-0.2, -0.15) is 4.98 Å². The van der Waals surface area contributed by atoms with Crippen molar-refractivity contribution in [3.63, 3.8) is 0 Å². The maximum absolute atomic E-state index is 11.3. The summed E-state index contributed by atoms with van der Waals surface area (Å²) in [6.45, 7) is 0.420. The van der Waals surface area contributed by atoms with Crippen LogP contribution in [0.25, 0.3) is 0 Å². The minimum Gasteiger partial charge on any atom is -0.445 e. The SMILES string of the molecule is O=C(NCc1ncon1)OCc1ccccc1. The van der Waals surface area contributed by atoms with Gasteiger partial charge in [0.05, 0.1) is 6.54 Å². The molecule has 0 aliphatic carbocycles. The minimum atomic E-state index is -0.515. The Labute approximate surface area is 97.6 Å². The summed E-state index contributed by atoms with van der Waals surface area (Å²) < 4.78 is 9.51. The Hall–Kier alpha value is -2.37. The van der Waals surface area contributed by atoms with E-state index in [0.717, 1.165) is 5.56 Å². The number of carbonyl (C=O) groups excluding carboxylic acids is 1. The van der Waals surface area contributed by atoms with Crippen LogP contribution in [-0.4, -0.2) is 16.2 Å². The number of aromatic nitrogens is 2. The number of benzene rings is 1. The van der Waals surface area contributed by atoms with Crippen LogP contribution in [0.4, 0.5) is 4.79 Å². The van der Waals surface area contributed by atoms with Gasteiger partial charge in [0.1, 0.15) is 6.61 Å². The molecule has 0 aliphatic heterocycles. The van der Waals surface area contributed by atoms with Gasteiger partial charge in [-0.05, 0) is 5.56 Å². The largest absolute Gasteiger partial charge is 0.445 e. The third-order valence-corrected chi connectivity index (χ3v) is 2.01. The summed E-state index contributed by atoms with van der Waals surface area (Å²) in [4.78, 5) is 15.1. The summed E-state index contributed by atoms with van der Waals surface area (Å²) in [5.74, 6) is 0.404. The summed E-state index contributed by atoms with van der Waals surface area (Å²) in [5.41, 5.74) is 0.933. The molecule has 0 radical (unpaired) electrons. The standard InChI is InChI=1S/C11H11N3O3/c15-11(12-6-10-13-8-17-14-10)16-7-9-4-2-1-3-5-9/h1-5,8H,6-7H2,(H,12,15). The Morgan fingerprint density at radius 3 is 2.88 bits per heavy atom. The van der Waals surface area contributed by atoms with E-state index < -0.39 is 6.09 Å². The Bertz CT molecular complexity index is 456. The maximum atomic E-state index is 11.3. The number of ether oxygens (including phenoxy) is 1. The molecule has 1 aromatic heterocycles. The molecule has 0 aliphatic rings. The molecule has 0 bridgehead atoms. The highest BCUT2D eigenvalue weighted by molar-refractivity contribution is 5.66. The van der Waals surface area contributed by atoms with Crippen molar-refractivity contribution in [2.24, 2.45) is 0 Å². The van der Waals surface area contributed by atoms with Crippen molar-refractivity contribution >= 4 is 6.09 Å². The van der Waals surface area contributed by atoms with Crippen LogP contribution in [0, 0.1) is 0 Å². The van der Waals surface area contributed by atoms with Crippen molar-refractivity contribution in [2.45, 2.75) is 13.2 Å². The first-order valence-corrected chi connectivity index (χ1v) is 5.04. The average molecular weight is 233 g/mol. The molecule has 0 saturated carbocycles. The lowest BCUT2D eigenvalue weighted by molar-refractivity contribution is 0.139. The van der Waals surface area contributed by atoms with E-state index in [9.17, 15) is 4.79 Å². The maximum Gasteiger partial charge on any atom is 0.407 e. The van der Waals surface area contributed by atoms with E-state index in [4.69, 9.17) is 4.74 Å². The molecule has 0 saturated heterocycles. The van der Waals surface area contributed by atoms with Gasteiger partial charge in [-0.15, -0.1) is 0 Å². The second-order valence-electron chi connectivity index (χ2n) is 3.26. The summed E-state index contributed by atoms with van der Waals surface area (Å²) >= 11 is 0. The number of hydrogen-bond acceptors (Lipinski definition) is 5. The summed E-state index contributed by atoms with van der Waals surface area (Å²) in [6.07, 6.45) is 0.686. The lowest BCUT2D eigenvalue weighted by Crippen LogP contribution is -2.24. The van der Waals surface area contributed by atoms with Crippen LogP contribution in [0.15, 0.2) is 41.2 Å². The van der Waals surface area contributed by atoms with Crippen LogP contribution < -0.4 is 5.32 Å². The molecule has 0 atom stereocenters. The predicted octanol–water partition coefficient (Wildman–Crippen LogP) is 1.50. The van der Waals surface area contributed by atoms with Gasteiger partial charge in [0.25, 0.3) is 0 Å². The molecule has 1 amide bonds. The van der Waals surface area contributed by atoms with Gasteiger partial charge < -0.3 is 14.6 Å². The van der Waals surface area contributed by atoms with Crippen LogP contribution >= 0.6 is 0 Å². The Morgan fingerprint density at radius 1 is 1.35 bits per heavy atom. The van der Waals surface area contributed by atoms with E-state index in [1.807, 2.05) is 30.3 Å². The number of carbonyl (C=O) groups is 1. The number of hydrogen-bond donors (Lipinski definition) is 1. The molecule has 1 N–H and O–H groups in total. The average Bonchev–Trinajstić information content (AvgIpc) is 2.88. The van der Waals surface area contributed by atoms with Gasteiger partial charge in [0, 0.05) is 0 Å². The van der Waals surface area contributed by atoms with E-state index in [2.05, 4.69) is 20.0 Å². The monoisotopic (exact) mass is 233 g/mol. The van der Waals surface area contributed by atoms with Crippen molar-refractivity contribution in [3.8, 4) is 0 Å². The van der Waals surface area contributed by atoms with Crippen molar-refractivity contribution in [1.82, 2.24) is 15.5 Å². The molecule has 2 aromatic rings. The zero-order valence-corrected chi connectivity index (χ0v) is 9.00. The fourth-order valence-electron chi connectivity index (χ4n) is 1.20. The molecular formula is C11H11N3O3. The zero-order valence-electron chi connectivity index (χ0n) is 9.00. The smallest absolute Gasteiger partial charge is 0.407 e. The minimum absolute atomic E-state index is 0.185. The van der Waals surface area contributed by atoms with Crippen LogP contribution in [0.5, 0.6) is 0 Å². The van der Waals surface area contributed by atoms with Crippen LogP contribution in [0.1, 0.15) is 11.4 Å². The molecule has 17 heavy (non-hydrogen) atoms. The first-order valence-electron chi connectivity index (χ1n) is 5.04. The van der Waals surface area contributed by atoms with E-state index in [1.165, 1.54) is 6.39 Å². The normalized spacial score (nSPS) is 9.88. The molecule has 1 heterocycles. The molecule has 0 fully saturated rings. The van der Waals surface area contributed by atoms with E-state index >= 15 is 0 Å². The highest BCUT2D eigenvalue weighted by Crippen LogP contribution is 2.00. The predicted molar refractivity (Wildman–Crippen MR) is 57.8 cm³/mol. The van der Waals surface area contributed by atoms with Crippen molar-refractivity contribution < 1.29 is 14.1 Å². The van der Waals surface area contributed by atoms with Crippen molar-refractivity contribution in [1.29, 1.82) is 0 Å². The summed E-state index contributed by atoms with van der Waals surface area (Å²) in [5, 5.41) is 6.06. The van der Waals surface area contributed by atoms with Crippen molar-refractivity contribution in [3.05, 3.63) is 48.1 Å². The third-order valence-electron chi connectivity index (χ3n) is 2.01. The molecule has 0 spiro atoms. The molecular weight excluding hydrogens is 222 g/mol. The van der Waals surface area contributed by atoms with Gasteiger partial charge in [-0.25, -0.2) is 4.79 Å². The molecule has 6 nitrogen and oxygen atoms in total. The molecule has 1 aromatic carbocycles. The topological polar surface area (TPSA) is 77.3 Å². The zero-order chi connectivity index (χ0) is 11.9. The number of nitrogens with zero attached hydrogens (tertiary/aromatic N) is 2. The van der Waals surface area contributed by atoms with E-state index in [-0.39, 0.29) is 13.2 Å². The fourth-order valence-corrected chi connectivity index (χ4v) is 1.20. The molecule has 88 valence electrons.